The minimum atomic E-state index is 0.819. The summed E-state index contributed by atoms with van der Waals surface area (Å²) in [6.07, 6.45) is 7.99. The van der Waals surface area contributed by atoms with Gasteiger partial charge in [0.05, 0.1) is 12.7 Å². The van der Waals surface area contributed by atoms with Crippen molar-refractivity contribution in [1.29, 1.82) is 0 Å². The van der Waals surface area contributed by atoms with Gasteiger partial charge in [-0.05, 0) is 25.3 Å². The Kier molecular flexibility index (Phi) is 6.71. The molecule has 0 aliphatic rings. The molecule has 1 rings (SSSR count). The third-order valence-electron chi connectivity index (χ3n) is 2.86. The quantitative estimate of drug-likeness (QED) is 0.352. The van der Waals surface area contributed by atoms with Gasteiger partial charge in [-0.1, -0.05) is 6.08 Å². The third-order valence-corrected chi connectivity index (χ3v) is 2.86. The Morgan fingerprint density at radius 1 is 1.63 bits per heavy atom. The van der Waals surface area contributed by atoms with Gasteiger partial charge in [0.1, 0.15) is 0 Å². The Morgan fingerprint density at radius 2 is 2.42 bits per heavy atom. The van der Waals surface area contributed by atoms with Crippen LogP contribution in [0.15, 0.2) is 30.0 Å². The molecule has 1 aromatic heterocycles. The van der Waals surface area contributed by atoms with Crippen LogP contribution in [0.3, 0.4) is 0 Å². The van der Waals surface area contributed by atoms with Crippen LogP contribution in [0.4, 0.5) is 0 Å². The molecule has 0 atom stereocenters. The molecule has 1 aromatic rings. The topological polar surface area (TPSA) is 45.5 Å². The number of hydrogen-bond acceptors (Lipinski definition) is 2. The Labute approximate surface area is 116 Å². The SMILES string of the molecule is C=CCCCN(C)C(=NC)NCCn1cc(C)cn1. The molecule has 0 bridgehead atoms. The molecule has 0 saturated heterocycles. The summed E-state index contributed by atoms with van der Waals surface area (Å²) in [6, 6.07) is 0. The van der Waals surface area contributed by atoms with Crippen molar-refractivity contribution in [3.63, 3.8) is 0 Å². The van der Waals surface area contributed by atoms with E-state index in [4.69, 9.17) is 0 Å². The predicted octanol–water partition coefficient (Wildman–Crippen LogP) is 1.66. The van der Waals surface area contributed by atoms with E-state index in [2.05, 4.69) is 33.9 Å². The average molecular weight is 263 g/mol. The minimum Gasteiger partial charge on any atom is -0.354 e. The molecule has 1 N–H and O–H groups in total. The van der Waals surface area contributed by atoms with Crippen molar-refractivity contribution in [2.24, 2.45) is 4.99 Å². The van der Waals surface area contributed by atoms with Gasteiger partial charge in [-0.25, -0.2) is 0 Å². The van der Waals surface area contributed by atoms with E-state index in [0.717, 1.165) is 38.4 Å². The number of hydrogen-bond donors (Lipinski definition) is 1. The number of nitrogens with zero attached hydrogens (tertiary/aromatic N) is 4. The molecule has 5 nitrogen and oxygen atoms in total. The Morgan fingerprint density at radius 3 is 3.00 bits per heavy atom. The second-order valence-electron chi connectivity index (χ2n) is 4.61. The molecular formula is C14H25N5. The molecule has 0 saturated carbocycles. The first-order valence-corrected chi connectivity index (χ1v) is 6.69. The molecule has 0 aromatic carbocycles. The summed E-state index contributed by atoms with van der Waals surface area (Å²) in [4.78, 5) is 6.42. The van der Waals surface area contributed by atoms with Crippen molar-refractivity contribution in [2.45, 2.75) is 26.3 Å². The summed E-state index contributed by atoms with van der Waals surface area (Å²) in [5.41, 5.74) is 1.19. The second-order valence-corrected chi connectivity index (χ2v) is 4.61. The van der Waals surface area contributed by atoms with Gasteiger partial charge in [-0.15, -0.1) is 6.58 Å². The zero-order valence-electron chi connectivity index (χ0n) is 12.3. The maximum atomic E-state index is 4.28. The maximum absolute atomic E-state index is 4.28. The highest BCUT2D eigenvalue weighted by atomic mass is 15.3. The van der Waals surface area contributed by atoms with Crippen LogP contribution < -0.4 is 5.32 Å². The van der Waals surface area contributed by atoms with E-state index in [0.29, 0.717) is 0 Å². The summed E-state index contributed by atoms with van der Waals surface area (Å²) in [6.45, 7) is 8.42. The number of aromatic nitrogens is 2. The van der Waals surface area contributed by atoms with Crippen molar-refractivity contribution < 1.29 is 0 Å². The van der Waals surface area contributed by atoms with Gasteiger partial charge in [0.15, 0.2) is 5.96 Å². The van der Waals surface area contributed by atoms with Crippen molar-refractivity contribution in [3.05, 3.63) is 30.6 Å². The summed E-state index contributed by atoms with van der Waals surface area (Å²) in [5.74, 6) is 0.924. The molecule has 0 radical (unpaired) electrons. The smallest absolute Gasteiger partial charge is 0.193 e. The van der Waals surface area contributed by atoms with E-state index in [1.54, 1.807) is 0 Å². The van der Waals surface area contributed by atoms with E-state index in [-0.39, 0.29) is 0 Å². The third kappa shape index (κ3) is 5.59. The number of rotatable bonds is 7. The molecule has 0 fully saturated rings. The van der Waals surface area contributed by atoms with Crippen LogP contribution >= 0.6 is 0 Å². The fourth-order valence-corrected chi connectivity index (χ4v) is 1.83. The normalized spacial score (nSPS) is 11.4. The van der Waals surface area contributed by atoms with Crippen LogP contribution in [0.25, 0.3) is 0 Å². The van der Waals surface area contributed by atoms with Crippen LogP contribution in [0.1, 0.15) is 18.4 Å². The van der Waals surface area contributed by atoms with Gasteiger partial charge in [-0.3, -0.25) is 9.67 Å². The Hall–Kier alpha value is -1.78. The number of aryl methyl sites for hydroxylation is 1. The van der Waals surface area contributed by atoms with Crippen LogP contribution in [0, 0.1) is 6.92 Å². The van der Waals surface area contributed by atoms with E-state index in [9.17, 15) is 0 Å². The summed E-state index contributed by atoms with van der Waals surface area (Å²) in [5, 5.41) is 7.60. The van der Waals surface area contributed by atoms with Gasteiger partial charge in [0.25, 0.3) is 0 Å². The lowest BCUT2D eigenvalue weighted by Gasteiger charge is -2.21. The van der Waals surface area contributed by atoms with Gasteiger partial charge < -0.3 is 10.2 Å². The molecule has 0 unspecified atom stereocenters. The number of allylic oxidation sites excluding steroid dienone is 1. The van der Waals surface area contributed by atoms with E-state index in [1.807, 2.05) is 37.1 Å². The first kappa shape index (κ1) is 15.3. The lowest BCUT2D eigenvalue weighted by atomic mass is 10.3. The van der Waals surface area contributed by atoms with Crippen LogP contribution in [0.2, 0.25) is 0 Å². The maximum Gasteiger partial charge on any atom is 0.193 e. The molecular weight excluding hydrogens is 238 g/mol. The second kappa shape index (κ2) is 8.34. The predicted molar refractivity (Wildman–Crippen MR) is 80.4 cm³/mol. The largest absolute Gasteiger partial charge is 0.354 e. The fourth-order valence-electron chi connectivity index (χ4n) is 1.83. The zero-order chi connectivity index (χ0) is 14.1. The molecule has 0 spiro atoms. The Balaban J connectivity index is 2.30. The molecule has 0 aliphatic carbocycles. The van der Waals surface area contributed by atoms with Crippen LogP contribution in [-0.2, 0) is 6.54 Å². The molecule has 5 heteroatoms. The lowest BCUT2D eigenvalue weighted by molar-refractivity contribution is 0.465. The van der Waals surface area contributed by atoms with Crippen LogP contribution in [0.5, 0.6) is 0 Å². The zero-order valence-corrected chi connectivity index (χ0v) is 12.3. The van der Waals surface area contributed by atoms with Gasteiger partial charge in [0, 0.05) is 33.4 Å². The van der Waals surface area contributed by atoms with Crippen molar-refractivity contribution >= 4 is 5.96 Å². The van der Waals surface area contributed by atoms with Crippen LogP contribution in [-0.4, -0.2) is 47.8 Å². The fraction of sp³-hybridized carbons (Fsp3) is 0.571. The molecule has 1 heterocycles. The van der Waals surface area contributed by atoms with Crippen molar-refractivity contribution in [3.8, 4) is 0 Å². The standard InChI is InChI=1S/C14H25N5/c1-5-6-7-9-18(4)14(15-3)16-8-10-19-12-13(2)11-17-19/h5,11-12H,1,6-10H2,2-4H3,(H,15,16). The Bertz CT molecular complexity index is 408. The number of guanidine groups is 1. The number of aliphatic imine (C=N–C) groups is 1. The van der Waals surface area contributed by atoms with E-state index >= 15 is 0 Å². The van der Waals surface area contributed by atoms with Gasteiger partial charge in [0.2, 0.25) is 0 Å². The summed E-state index contributed by atoms with van der Waals surface area (Å²) in [7, 11) is 3.86. The molecule has 0 amide bonds. The lowest BCUT2D eigenvalue weighted by Crippen LogP contribution is -2.40. The number of nitrogens with one attached hydrogen (secondary N) is 1. The summed E-state index contributed by atoms with van der Waals surface area (Å²) < 4.78 is 1.94. The first-order chi connectivity index (χ1) is 9.17. The first-order valence-electron chi connectivity index (χ1n) is 6.69. The van der Waals surface area contributed by atoms with Crippen molar-refractivity contribution in [1.82, 2.24) is 20.0 Å². The highest BCUT2D eigenvalue weighted by Gasteiger charge is 2.04. The highest BCUT2D eigenvalue weighted by molar-refractivity contribution is 5.79. The number of unbranched alkanes of at least 4 members (excludes halogenated alkanes) is 1. The summed E-state index contributed by atoms with van der Waals surface area (Å²) >= 11 is 0. The average Bonchev–Trinajstić information content (AvgIpc) is 2.80. The van der Waals surface area contributed by atoms with Gasteiger partial charge >= 0.3 is 0 Å². The minimum absolute atomic E-state index is 0.819. The van der Waals surface area contributed by atoms with E-state index in [1.165, 1.54) is 5.56 Å². The molecule has 19 heavy (non-hydrogen) atoms. The molecule has 0 aliphatic heterocycles. The monoisotopic (exact) mass is 263 g/mol. The van der Waals surface area contributed by atoms with E-state index < -0.39 is 0 Å². The highest BCUT2D eigenvalue weighted by Crippen LogP contribution is 1.95. The van der Waals surface area contributed by atoms with Gasteiger partial charge in [-0.2, -0.15) is 5.10 Å². The van der Waals surface area contributed by atoms with Crippen molar-refractivity contribution in [2.75, 3.05) is 27.2 Å². The molecule has 106 valence electrons.